The predicted molar refractivity (Wildman–Crippen MR) is 377 cm³/mol. The lowest BCUT2D eigenvalue weighted by Gasteiger charge is -2.34. The Balaban J connectivity index is 0.000000126. The molecule has 0 bridgehead atoms. The van der Waals surface area contributed by atoms with E-state index >= 15 is 0 Å². The lowest BCUT2D eigenvalue weighted by Crippen LogP contribution is -2.49. The van der Waals surface area contributed by atoms with Crippen LogP contribution in [-0.4, -0.2) is 141 Å². The molecule has 2 unspecified atom stereocenters. The van der Waals surface area contributed by atoms with Crippen molar-refractivity contribution in [3.63, 3.8) is 0 Å². The van der Waals surface area contributed by atoms with Gasteiger partial charge in [0, 0.05) is 51.8 Å². The normalized spacial score (nSPS) is 17.0. The lowest BCUT2D eigenvalue weighted by atomic mass is 10.1. The fourth-order valence-corrected chi connectivity index (χ4v) is 13.5. The molecule has 0 saturated carbocycles. The zero-order chi connectivity index (χ0) is 66.8. The highest BCUT2D eigenvalue weighted by Crippen LogP contribution is 2.39. The van der Waals surface area contributed by atoms with Crippen LogP contribution in [0, 0.1) is 13.8 Å². The fourth-order valence-electron chi connectivity index (χ4n) is 13.5. The number of hydrogen-bond acceptors (Lipinski definition) is 19. The van der Waals surface area contributed by atoms with Crippen molar-refractivity contribution in [1.29, 1.82) is 0 Å². The summed E-state index contributed by atoms with van der Waals surface area (Å²) in [5.74, 6) is 4.42. The van der Waals surface area contributed by atoms with Crippen LogP contribution in [-0.2, 0) is 28.9 Å². The number of hydrogen-bond donors (Lipinski definition) is 10. The minimum atomic E-state index is -0.415. The van der Waals surface area contributed by atoms with Crippen molar-refractivity contribution < 1.29 is 9.59 Å². The van der Waals surface area contributed by atoms with E-state index in [4.69, 9.17) is 15.0 Å². The van der Waals surface area contributed by atoms with Crippen LogP contribution < -0.4 is 37.2 Å². The molecule has 10 N–H and O–H groups in total. The first kappa shape index (κ1) is 63.2. The summed E-state index contributed by atoms with van der Waals surface area (Å²) < 4.78 is 3.47. The average Bonchev–Trinajstić information content (AvgIpc) is 1.69. The quantitative estimate of drug-likeness (QED) is 0.0405. The zero-order valence-electron chi connectivity index (χ0n) is 55.7. The van der Waals surface area contributed by atoms with E-state index in [2.05, 4.69) is 172 Å². The molecule has 4 aliphatic rings. The summed E-state index contributed by atoms with van der Waals surface area (Å²) in [6.45, 7) is 14.9. The number of aromatic amines is 3. The number of fused-ring (bicyclic) bond motifs is 6. The van der Waals surface area contributed by atoms with Crippen LogP contribution >= 0.6 is 0 Å². The maximum Gasteiger partial charge on any atom is 0.247 e. The number of rotatable bonds is 17. The van der Waals surface area contributed by atoms with Crippen molar-refractivity contribution in [2.45, 2.75) is 116 Å². The molecule has 1 saturated heterocycles. The molecule has 3 aliphatic carbocycles. The standard InChI is InChI=1S/C27H33N9O.C23H26N8O.C20H22N8/c1-17-23(16-29-36(17)18(2)26(37)35-14-12-34(3)13-15-35)31-27-32-24-21(10-11-28-24)25(33-27)30-22-9-8-19-6-4-5-7-20(19)22;1-13-19(12-26-31(13)14(2)22(32)24-3)28-23-29-20-17(10-11-25-20)21(30-23)27-18-9-8-15-6-4-5-7-16(15)18;1-12(2)28-22-11-17(27-28)24-20-25-18-15(9-10-21-18)19(26-20)23-16-8-7-13-5-3-4-6-14(13)16/h4-7,10-11,16,18,22H,8-9,12-15H2,1-3H3,(H3,28,30,31,32,33);4-7,10-12,14,18H,8-9H2,1-3H3,(H,24,32)(H3,25,27,28,29,30);3-6,9-12,16H,7-8H2,1-2H3,(H3,21,23,24,25,26,27)/t18?,22-;14?,18-;16-/m000/s1. The monoisotopic (exact) mass is 1300 g/mol. The summed E-state index contributed by atoms with van der Waals surface area (Å²) in [6, 6.07) is 31.8. The molecule has 27 nitrogen and oxygen atoms in total. The third-order valence-electron chi connectivity index (χ3n) is 18.9. The second kappa shape index (κ2) is 27.2. The molecule has 1 aliphatic heterocycles. The smallest absolute Gasteiger partial charge is 0.247 e. The molecule has 498 valence electrons. The van der Waals surface area contributed by atoms with Gasteiger partial charge in [0.1, 0.15) is 46.5 Å². The second-order valence-corrected chi connectivity index (χ2v) is 25.5. The molecule has 2 amide bonds. The third-order valence-corrected chi connectivity index (χ3v) is 18.9. The molecule has 27 heteroatoms. The summed E-state index contributed by atoms with van der Waals surface area (Å²) in [6.07, 6.45) is 17.1. The van der Waals surface area contributed by atoms with Crippen LogP contribution in [0.3, 0.4) is 0 Å². The van der Waals surface area contributed by atoms with Gasteiger partial charge < -0.3 is 62.0 Å². The first-order chi connectivity index (χ1) is 47.2. The zero-order valence-corrected chi connectivity index (χ0v) is 55.7. The van der Waals surface area contributed by atoms with E-state index in [0.29, 0.717) is 23.7 Å². The average molecular weight is 1300 g/mol. The molecule has 0 radical (unpaired) electrons. The van der Waals surface area contributed by atoms with Crippen LogP contribution in [0.15, 0.2) is 128 Å². The number of nitrogens with one attached hydrogen (secondary N) is 10. The van der Waals surface area contributed by atoms with Gasteiger partial charge in [-0.05, 0) is 139 Å². The Morgan fingerprint density at radius 3 is 1.33 bits per heavy atom. The molecule has 9 aromatic heterocycles. The second-order valence-electron chi connectivity index (χ2n) is 25.5. The number of likely N-dealkylation sites (N-methyl/N-ethyl adjacent to an activating group) is 2. The van der Waals surface area contributed by atoms with Gasteiger partial charge in [-0.25, -0.2) is 0 Å². The number of benzene rings is 3. The highest BCUT2D eigenvalue weighted by Gasteiger charge is 2.30. The Kier molecular flexibility index (Phi) is 17.8. The van der Waals surface area contributed by atoms with Crippen LogP contribution in [0.25, 0.3) is 33.1 Å². The third kappa shape index (κ3) is 13.2. The van der Waals surface area contributed by atoms with E-state index in [0.717, 1.165) is 138 Å². The summed E-state index contributed by atoms with van der Waals surface area (Å²) in [5, 5.41) is 43.8. The van der Waals surface area contributed by atoms with Gasteiger partial charge in [-0.15, -0.1) is 5.10 Å². The van der Waals surface area contributed by atoms with Crippen LogP contribution in [0.4, 0.5) is 52.5 Å². The van der Waals surface area contributed by atoms with Gasteiger partial charge in [-0.2, -0.15) is 50.0 Å². The van der Waals surface area contributed by atoms with Crippen molar-refractivity contribution in [3.05, 3.63) is 173 Å². The largest absolute Gasteiger partial charge is 0.363 e. The summed E-state index contributed by atoms with van der Waals surface area (Å²) in [4.78, 5) is 68.8. The van der Waals surface area contributed by atoms with E-state index in [1.54, 1.807) is 39.8 Å². The number of H-pyrrole nitrogens is 3. The number of carbonyl (C=O) groups is 2. The first-order valence-corrected chi connectivity index (χ1v) is 33.3. The van der Waals surface area contributed by atoms with Gasteiger partial charge in [-0.1, -0.05) is 72.8 Å². The van der Waals surface area contributed by atoms with Crippen LogP contribution in [0.5, 0.6) is 0 Å². The maximum absolute atomic E-state index is 13.1. The Morgan fingerprint density at radius 1 is 0.505 bits per heavy atom. The Labute approximate surface area is 560 Å². The highest BCUT2D eigenvalue weighted by atomic mass is 16.2. The van der Waals surface area contributed by atoms with Crippen molar-refractivity contribution in [1.82, 2.24) is 94.5 Å². The molecule has 10 heterocycles. The molecule has 0 spiro atoms. The number of carbonyl (C=O) groups excluding carboxylic acids is 2. The highest BCUT2D eigenvalue weighted by molar-refractivity contribution is 5.91. The van der Waals surface area contributed by atoms with Crippen molar-refractivity contribution in [3.8, 4) is 0 Å². The number of piperazine rings is 1. The molecule has 16 rings (SSSR count). The maximum atomic E-state index is 13.1. The van der Waals surface area contributed by atoms with E-state index in [-0.39, 0.29) is 42.0 Å². The Bertz CT molecular complexity index is 4790. The molecule has 1 fully saturated rings. The Morgan fingerprint density at radius 2 is 0.918 bits per heavy atom. The topological polar surface area (TPSA) is 316 Å². The molecule has 12 aromatic rings. The van der Waals surface area contributed by atoms with E-state index in [9.17, 15) is 9.59 Å². The van der Waals surface area contributed by atoms with Crippen molar-refractivity contribution in [2.75, 3.05) is 72.2 Å². The summed E-state index contributed by atoms with van der Waals surface area (Å²) in [5.41, 5.74) is 13.7. The van der Waals surface area contributed by atoms with Gasteiger partial charge in [0.25, 0.3) is 0 Å². The lowest BCUT2D eigenvalue weighted by molar-refractivity contribution is -0.136. The number of amides is 2. The van der Waals surface area contributed by atoms with E-state index in [1.807, 2.05) is 83.2 Å². The van der Waals surface area contributed by atoms with Crippen LogP contribution in [0.2, 0.25) is 0 Å². The van der Waals surface area contributed by atoms with Gasteiger partial charge in [-0.3, -0.25) is 19.0 Å². The van der Waals surface area contributed by atoms with Crippen LogP contribution in [0.1, 0.15) is 128 Å². The van der Waals surface area contributed by atoms with E-state index < -0.39 is 6.04 Å². The number of nitrogens with zero attached hydrogens (tertiary/aromatic N) is 15. The van der Waals surface area contributed by atoms with Gasteiger partial charge >= 0.3 is 0 Å². The van der Waals surface area contributed by atoms with Gasteiger partial charge in [0.15, 0.2) is 5.82 Å². The molecule has 3 aromatic carbocycles. The van der Waals surface area contributed by atoms with E-state index in [1.165, 1.54) is 33.4 Å². The minimum Gasteiger partial charge on any atom is -0.363 e. The number of anilines is 9. The number of aromatic nitrogens is 16. The Hall–Kier alpha value is -11.2. The molecular formula is C70H81N25O2. The van der Waals surface area contributed by atoms with Gasteiger partial charge in [0.2, 0.25) is 29.7 Å². The molecule has 97 heavy (non-hydrogen) atoms. The first-order valence-electron chi connectivity index (χ1n) is 33.3. The molecule has 5 atom stereocenters. The van der Waals surface area contributed by atoms with Crippen molar-refractivity contribution >= 4 is 97.4 Å². The molecular weight excluding hydrogens is 1220 g/mol. The number of aryl methyl sites for hydroxylation is 3. The summed E-state index contributed by atoms with van der Waals surface area (Å²) in [7, 11) is 3.70. The summed E-state index contributed by atoms with van der Waals surface area (Å²) >= 11 is 0. The predicted octanol–water partition coefficient (Wildman–Crippen LogP) is 11.2. The minimum absolute atomic E-state index is 0.0956. The SMILES string of the molecule is CC(C)n1ncc(Nc2nc(N[C@H]3CCc4ccccc43)c3cc[nH]c3n2)n1.CNC(=O)C(C)n1ncc(Nc2nc(N[C@H]3CCc4ccccc43)c3cc[nH]c3n2)c1C.Cc1c(Nc2nc(N[C@H]3CCc4ccccc43)c3cc[nH]c3n2)cnn1C(C)C(=O)N1CCN(C)CC1. The fraction of sp³-hybridized carbons (Fsp3) is 0.343. The van der Waals surface area contributed by atoms with Gasteiger partial charge in [0.05, 0.1) is 81.7 Å². The van der Waals surface area contributed by atoms with Crippen molar-refractivity contribution in [2.24, 2.45) is 0 Å².